The molecule has 7 nitrogen and oxygen atoms in total. The van der Waals surface area contributed by atoms with Crippen molar-refractivity contribution in [2.24, 2.45) is 11.7 Å². The van der Waals surface area contributed by atoms with Gasteiger partial charge in [-0.05, 0) is 32.6 Å². The Bertz CT molecular complexity index is 509. The molecule has 1 aromatic rings. The molecule has 2 fully saturated rings. The average molecular weight is 293 g/mol. The number of piperidine rings is 1. The van der Waals surface area contributed by atoms with E-state index in [9.17, 15) is 4.79 Å². The minimum absolute atomic E-state index is 0.0908. The van der Waals surface area contributed by atoms with E-state index in [4.69, 9.17) is 10.5 Å². The lowest BCUT2D eigenvalue weighted by Gasteiger charge is -2.32. The highest BCUT2D eigenvalue weighted by atomic mass is 16.5. The predicted octanol–water partition coefficient (Wildman–Crippen LogP) is 0.467. The molecule has 0 aliphatic carbocycles. The molecule has 2 atom stereocenters. The van der Waals surface area contributed by atoms with Gasteiger partial charge >= 0.3 is 0 Å². The van der Waals surface area contributed by atoms with E-state index in [1.807, 2.05) is 6.92 Å². The first kappa shape index (κ1) is 14.3. The summed E-state index contributed by atoms with van der Waals surface area (Å²) in [6.45, 7) is 5.12. The highest BCUT2D eigenvalue weighted by Crippen LogP contribution is 2.24. The molecule has 0 spiro atoms. The van der Waals surface area contributed by atoms with Crippen LogP contribution in [-0.2, 0) is 16.1 Å². The lowest BCUT2D eigenvalue weighted by atomic mass is 9.98. The van der Waals surface area contributed by atoms with E-state index < -0.39 is 0 Å². The summed E-state index contributed by atoms with van der Waals surface area (Å²) in [7, 11) is 0. The molecule has 116 valence electrons. The van der Waals surface area contributed by atoms with Gasteiger partial charge in [-0.1, -0.05) is 0 Å². The van der Waals surface area contributed by atoms with Gasteiger partial charge in [-0.15, -0.1) is 10.2 Å². The summed E-state index contributed by atoms with van der Waals surface area (Å²) >= 11 is 0. The molecule has 2 saturated heterocycles. The van der Waals surface area contributed by atoms with Crippen LogP contribution in [0.15, 0.2) is 0 Å². The normalized spacial score (nSPS) is 26.2. The van der Waals surface area contributed by atoms with Gasteiger partial charge in [-0.25, -0.2) is 0 Å². The molecule has 2 unspecified atom stereocenters. The number of hydrogen-bond acceptors (Lipinski definition) is 5. The van der Waals surface area contributed by atoms with Crippen LogP contribution in [0.5, 0.6) is 0 Å². The lowest BCUT2D eigenvalue weighted by molar-refractivity contribution is -0.122. The van der Waals surface area contributed by atoms with Crippen LogP contribution >= 0.6 is 0 Å². The second-order valence-corrected chi connectivity index (χ2v) is 5.98. The van der Waals surface area contributed by atoms with E-state index >= 15 is 0 Å². The van der Waals surface area contributed by atoms with E-state index in [2.05, 4.69) is 19.7 Å². The van der Waals surface area contributed by atoms with Gasteiger partial charge in [0.2, 0.25) is 11.9 Å². The minimum Gasteiger partial charge on any atom is -0.376 e. The molecule has 0 bridgehead atoms. The van der Waals surface area contributed by atoms with Gasteiger partial charge in [0.05, 0.1) is 18.6 Å². The summed E-state index contributed by atoms with van der Waals surface area (Å²) in [6, 6.07) is 0. The van der Waals surface area contributed by atoms with Crippen LogP contribution in [0.2, 0.25) is 0 Å². The molecule has 21 heavy (non-hydrogen) atoms. The van der Waals surface area contributed by atoms with Crippen molar-refractivity contribution in [2.75, 3.05) is 24.6 Å². The van der Waals surface area contributed by atoms with Crippen molar-refractivity contribution in [1.29, 1.82) is 0 Å². The van der Waals surface area contributed by atoms with E-state index in [-0.39, 0.29) is 17.9 Å². The van der Waals surface area contributed by atoms with Crippen LogP contribution in [0.3, 0.4) is 0 Å². The van der Waals surface area contributed by atoms with Crippen molar-refractivity contribution in [1.82, 2.24) is 14.8 Å². The summed E-state index contributed by atoms with van der Waals surface area (Å²) < 4.78 is 7.82. The third-order valence-electron chi connectivity index (χ3n) is 4.43. The van der Waals surface area contributed by atoms with Crippen molar-refractivity contribution < 1.29 is 9.53 Å². The Morgan fingerprint density at radius 1 is 1.38 bits per heavy atom. The van der Waals surface area contributed by atoms with Crippen LogP contribution in [0.25, 0.3) is 0 Å². The zero-order chi connectivity index (χ0) is 14.8. The van der Waals surface area contributed by atoms with Crippen LogP contribution in [0.4, 0.5) is 5.95 Å². The zero-order valence-corrected chi connectivity index (χ0v) is 12.5. The third-order valence-corrected chi connectivity index (χ3v) is 4.43. The number of amides is 1. The van der Waals surface area contributed by atoms with Gasteiger partial charge in [0.1, 0.15) is 5.82 Å². The fraction of sp³-hybridized carbons (Fsp3) is 0.786. The molecule has 1 aromatic heterocycles. The zero-order valence-electron chi connectivity index (χ0n) is 12.5. The van der Waals surface area contributed by atoms with E-state index in [1.165, 1.54) is 0 Å². The largest absolute Gasteiger partial charge is 0.376 e. The molecule has 7 heteroatoms. The maximum Gasteiger partial charge on any atom is 0.227 e. The van der Waals surface area contributed by atoms with Gasteiger partial charge in [0, 0.05) is 19.7 Å². The van der Waals surface area contributed by atoms with Crippen LogP contribution in [0, 0.1) is 12.8 Å². The summed E-state index contributed by atoms with van der Waals surface area (Å²) in [4.78, 5) is 13.6. The highest BCUT2D eigenvalue weighted by Gasteiger charge is 2.28. The Balaban J connectivity index is 1.76. The maximum absolute atomic E-state index is 11.4. The first-order valence-electron chi connectivity index (χ1n) is 7.71. The van der Waals surface area contributed by atoms with Crippen molar-refractivity contribution in [3.63, 3.8) is 0 Å². The van der Waals surface area contributed by atoms with Crippen molar-refractivity contribution >= 4 is 11.9 Å². The number of primary amides is 1. The van der Waals surface area contributed by atoms with E-state index in [1.54, 1.807) is 0 Å². The third kappa shape index (κ3) is 3.02. The van der Waals surface area contributed by atoms with Crippen LogP contribution in [0.1, 0.15) is 31.5 Å². The minimum atomic E-state index is -0.221. The van der Waals surface area contributed by atoms with E-state index in [0.717, 1.165) is 57.2 Å². The van der Waals surface area contributed by atoms with Crippen molar-refractivity contribution in [2.45, 2.75) is 45.3 Å². The number of nitrogens with two attached hydrogens (primary N) is 1. The number of aromatic nitrogens is 3. The van der Waals surface area contributed by atoms with Gasteiger partial charge in [0.15, 0.2) is 0 Å². The second kappa shape index (κ2) is 6.01. The van der Waals surface area contributed by atoms with Crippen molar-refractivity contribution in [3.8, 4) is 0 Å². The highest BCUT2D eigenvalue weighted by molar-refractivity contribution is 5.77. The quantitative estimate of drug-likeness (QED) is 0.872. The predicted molar refractivity (Wildman–Crippen MR) is 77.9 cm³/mol. The number of rotatable bonds is 4. The fourth-order valence-corrected chi connectivity index (χ4v) is 3.20. The molecule has 1 amide bonds. The van der Waals surface area contributed by atoms with E-state index in [0.29, 0.717) is 6.54 Å². The lowest BCUT2D eigenvalue weighted by Crippen LogP contribution is -2.42. The van der Waals surface area contributed by atoms with Crippen LogP contribution < -0.4 is 10.6 Å². The Morgan fingerprint density at radius 2 is 2.24 bits per heavy atom. The van der Waals surface area contributed by atoms with Gasteiger partial charge in [-0.3, -0.25) is 9.36 Å². The molecule has 0 saturated carbocycles. The topological polar surface area (TPSA) is 86.3 Å². The SMILES string of the molecule is Cc1nnc(N2CCCC(C(N)=O)C2)n1CC1CCCO1. The van der Waals surface area contributed by atoms with Crippen molar-refractivity contribution in [3.05, 3.63) is 5.82 Å². The average Bonchev–Trinajstić information content (AvgIpc) is 3.11. The van der Waals surface area contributed by atoms with Gasteiger partial charge in [0.25, 0.3) is 0 Å². The van der Waals surface area contributed by atoms with Gasteiger partial charge < -0.3 is 15.4 Å². The monoisotopic (exact) mass is 293 g/mol. The summed E-state index contributed by atoms with van der Waals surface area (Å²) in [5.41, 5.74) is 5.45. The molecule has 2 aliphatic heterocycles. The molecule has 2 aliphatic rings. The molecular formula is C14H23N5O2. The summed E-state index contributed by atoms with van der Waals surface area (Å²) in [6.07, 6.45) is 4.27. The van der Waals surface area contributed by atoms with Gasteiger partial charge in [-0.2, -0.15) is 0 Å². The number of anilines is 1. The Labute approximate surface area is 124 Å². The van der Waals surface area contributed by atoms with Crippen LogP contribution in [-0.4, -0.2) is 46.5 Å². The number of carbonyl (C=O) groups excluding carboxylic acids is 1. The molecule has 2 N–H and O–H groups in total. The Kier molecular flexibility index (Phi) is 4.10. The first-order chi connectivity index (χ1) is 10.1. The number of aryl methyl sites for hydroxylation is 1. The summed E-state index contributed by atoms with van der Waals surface area (Å²) in [5.74, 6) is 1.42. The maximum atomic E-state index is 11.4. The number of nitrogens with zero attached hydrogens (tertiary/aromatic N) is 4. The Hall–Kier alpha value is -1.63. The summed E-state index contributed by atoms with van der Waals surface area (Å²) in [5, 5.41) is 8.51. The first-order valence-corrected chi connectivity index (χ1v) is 7.71. The fourth-order valence-electron chi connectivity index (χ4n) is 3.20. The molecule has 0 radical (unpaired) electrons. The smallest absolute Gasteiger partial charge is 0.227 e. The molecule has 3 heterocycles. The number of carbonyl (C=O) groups is 1. The molecular weight excluding hydrogens is 270 g/mol. The Morgan fingerprint density at radius 3 is 2.95 bits per heavy atom. The second-order valence-electron chi connectivity index (χ2n) is 5.98. The molecule has 0 aromatic carbocycles. The standard InChI is InChI=1S/C14H23N5O2/c1-10-16-17-14(19(10)9-12-5-3-7-21-12)18-6-2-4-11(8-18)13(15)20/h11-12H,2-9H2,1H3,(H2,15,20). The molecule has 3 rings (SSSR count). The number of hydrogen-bond donors (Lipinski definition) is 1. The number of ether oxygens (including phenoxy) is 1.